The van der Waals surface area contributed by atoms with Crippen LogP contribution in [0.1, 0.15) is 28.8 Å². The molecule has 0 radical (unpaired) electrons. The Labute approximate surface area is 288 Å². The van der Waals surface area contributed by atoms with Crippen LogP contribution in [0, 0.1) is 0 Å². The van der Waals surface area contributed by atoms with Crippen LogP contribution in [0.4, 0.5) is 4.79 Å². The summed E-state index contributed by atoms with van der Waals surface area (Å²) >= 11 is 20.1. The van der Waals surface area contributed by atoms with Gasteiger partial charge in [0.15, 0.2) is 6.29 Å². The van der Waals surface area contributed by atoms with Gasteiger partial charge in [-0.15, -0.1) is 0 Å². The number of hydrogen-bond acceptors (Lipinski definition) is 7. The number of aldehydes is 1. The third-order valence-corrected chi connectivity index (χ3v) is 9.20. The molecule has 4 heterocycles. The Bertz CT molecular complexity index is 2170. The van der Waals surface area contributed by atoms with Crippen molar-refractivity contribution in [2.75, 3.05) is 13.7 Å². The summed E-state index contributed by atoms with van der Waals surface area (Å²) in [7, 11) is 1.45. The molecule has 0 spiro atoms. The zero-order valence-corrected chi connectivity index (χ0v) is 27.5. The van der Waals surface area contributed by atoms with Crippen molar-refractivity contribution >= 4 is 58.7 Å². The molecule has 0 aliphatic carbocycles. The topological polar surface area (TPSA) is 143 Å². The van der Waals surface area contributed by atoms with Crippen LogP contribution >= 0.6 is 34.8 Å². The summed E-state index contributed by atoms with van der Waals surface area (Å²) in [4.78, 5) is 57.7. The van der Waals surface area contributed by atoms with Gasteiger partial charge in [0.1, 0.15) is 16.4 Å². The van der Waals surface area contributed by atoms with Crippen LogP contribution in [0.3, 0.4) is 0 Å². The molecule has 3 aromatic heterocycles. The number of amides is 2. The fourth-order valence-electron chi connectivity index (χ4n) is 5.70. The first-order chi connectivity index (χ1) is 23.1. The Kier molecular flexibility index (Phi) is 9.36. The lowest BCUT2D eigenvalue weighted by Gasteiger charge is -2.23. The van der Waals surface area contributed by atoms with Crippen LogP contribution in [-0.2, 0) is 11.3 Å². The number of carbonyl (C=O) groups excluding carboxylic acids is 2. The van der Waals surface area contributed by atoms with E-state index in [0.717, 1.165) is 0 Å². The van der Waals surface area contributed by atoms with Crippen molar-refractivity contribution in [3.05, 3.63) is 104 Å². The van der Waals surface area contributed by atoms with Crippen molar-refractivity contribution in [1.29, 1.82) is 0 Å². The zero-order valence-electron chi connectivity index (χ0n) is 25.2. The maximum atomic E-state index is 12.6. The minimum atomic E-state index is -1.12. The first-order valence-corrected chi connectivity index (χ1v) is 15.8. The fourth-order valence-corrected chi connectivity index (χ4v) is 6.58. The molecule has 1 saturated heterocycles. The number of halogens is 3. The van der Waals surface area contributed by atoms with E-state index in [1.54, 1.807) is 30.3 Å². The lowest BCUT2D eigenvalue weighted by atomic mass is 9.97. The summed E-state index contributed by atoms with van der Waals surface area (Å²) < 4.78 is 6.79. The van der Waals surface area contributed by atoms with Gasteiger partial charge in [0, 0.05) is 53.0 Å². The largest absolute Gasteiger partial charge is 0.481 e. The molecule has 1 fully saturated rings. The number of methoxy groups -OCH3 is 1. The molecular formula is C34H26Cl3N5O6. The first kappa shape index (κ1) is 33.0. The van der Waals surface area contributed by atoms with Gasteiger partial charge in [0.25, 0.3) is 5.56 Å². The number of ether oxygens (including phenoxy) is 1. The van der Waals surface area contributed by atoms with Crippen LogP contribution in [-0.4, -0.2) is 62.4 Å². The van der Waals surface area contributed by atoms with E-state index in [-0.39, 0.29) is 47.3 Å². The summed E-state index contributed by atoms with van der Waals surface area (Å²) in [6.45, 7) is 0.153. The SMILES string of the molecule is COc1nc(-c2cccc(-c3cccc(-c4ccn5c(=O)c(C=O)c(Cl)nc5c4)c3Cl)c2Cl)ccc1CN(CC1CCC(=O)N1)C(=O)O. The summed E-state index contributed by atoms with van der Waals surface area (Å²) in [5.74, 6) is 0.144. The third kappa shape index (κ3) is 6.32. The Morgan fingerprint density at radius 3 is 2.35 bits per heavy atom. The van der Waals surface area contributed by atoms with E-state index in [9.17, 15) is 24.3 Å². The van der Waals surface area contributed by atoms with E-state index < -0.39 is 11.7 Å². The van der Waals surface area contributed by atoms with Gasteiger partial charge in [-0.05, 0) is 36.2 Å². The highest BCUT2D eigenvalue weighted by Crippen LogP contribution is 2.42. The predicted octanol–water partition coefficient (Wildman–Crippen LogP) is 6.63. The van der Waals surface area contributed by atoms with Crippen molar-refractivity contribution in [3.63, 3.8) is 0 Å². The number of fused-ring (bicyclic) bond motifs is 1. The molecule has 0 saturated carbocycles. The Morgan fingerprint density at radius 2 is 1.71 bits per heavy atom. The van der Waals surface area contributed by atoms with E-state index in [2.05, 4.69) is 15.3 Å². The van der Waals surface area contributed by atoms with E-state index in [1.165, 1.54) is 22.6 Å². The average Bonchev–Trinajstić information content (AvgIpc) is 3.49. The van der Waals surface area contributed by atoms with Gasteiger partial charge < -0.3 is 20.1 Å². The lowest BCUT2D eigenvalue weighted by molar-refractivity contribution is -0.119. The minimum Gasteiger partial charge on any atom is -0.481 e. The molecule has 0 bridgehead atoms. The number of benzene rings is 2. The van der Waals surface area contributed by atoms with E-state index in [1.807, 2.05) is 30.3 Å². The molecular weight excluding hydrogens is 681 g/mol. The Hall–Kier alpha value is -4.97. The van der Waals surface area contributed by atoms with Gasteiger partial charge >= 0.3 is 6.09 Å². The molecule has 14 heteroatoms. The smallest absolute Gasteiger partial charge is 0.407 e. The number of nitrogens with zero attached hydrogens (tertiary/aromatic N) is 4. The maximum absolute atomic E-state index is 12.6. The quantitative estimate of drug-likeness (QED) is 0.128. The molecule has 1 aliphatic rings. The van der Waals surface area contributed by atoms with E-state index >= 15 is 0 Å². The van der Waals surface area contributed by atoms with Crippen molar-refractivity contribution < 1.29 is 24.2 Å². The maximum Gasteiger partial charge on any atom is 0.407 e. The van der Waals surface area contributed by atoms with Crippen molar-refractivity contribution in [1.82, 2.24) is 24.6 Å². The highest BCUT2D eigenvalue weighted by molar-refractivity contribution is 6.39. The minimum absolute atomic E-state index is 0.0116. The van der Waals surface area contributed by atoms with Crippen LogP contribution < -0.4 is 15.6 Å². The van der Waals surface area contributed by atoms with Gasteiger partial charge in [-0.2, -0.15) is 0 Å². The number of carboxylic acid groups (broad SMARTS) is 1. The summed E-state index contributed by atoms with van der Waals surface area (Å²) in [5, 5.41) is 13.2. The van der Waals surface area contributed by atoms with Crippen LogP contribution in [0.2, 0.25) is 15.2 Å². The monoisotopic (exact) mass is 705 g/mol. The molecule has 1 atom stereocenters. The normalized spacial score (nSPS) is 14.2. The van der Waals surface area contributed by atoms with Crippen molar-refractivity contribution in [3.8, 4) is 39.4 Å². The fraction of sp³-hybridized carbons (Fsp3) is 0.176. The van der Waals surface area contributed by atoms with Crippen molar-refractivity contribution in [2.24, 2.45) is 0 Å². The predicted molar refractivity (Wildman–Crippen MR) is 182 cm³/mol. The second-order valence-electron chi connectivity index (χ2n) is 11.0. The van der Waals surface area contributed by atoms with Gasteiger partial charge in [-0.1, -0.05) is 71.2 Å². The molecule has 5 aromatic rings. The molecule has 2 amide bonds. The highest BCUT2D eigenvalue weighted by Gasteiger charge is 2.26. The van der Waals surface area contributed by atoms with Crippen LogP contribution in [0.5, 0.6) is 5.88 Å². The van der Waals surface area contributed by atoms with Crippen LogP contribution in [0.25, 0.3) is 39.2 Å². The Balaban J connectivity index is 1.33. The molecule has 1 aliphatic heterocycles. The van der Waals surface area contributed by atoms with Gasteiger partial charge in [-0.3, -0.25) is 18.8 Å². The number of carbonyl (C=O) groups is 3. The van der Waals surface area contributed by atoms with Gasteiger partial charge in [0.2, 0.25) is 11.8 Å². The first-order valence-electron chi connectivity index (χ1n) is 14.7. The van der Waals surface area contributed by atoms with Gasteiger partial charge in [0.05, 0.1) is 29.4 Å². The number of rotatable bonds is 9. The van der Waals surface area contributed by atoms with E-state index in [0.29, 0.717) is 68.2 Å². The second-order valence-corrected chi connectivity index (χ2v) is 12.2. The lowest BCUT2D eigenvalue weighted by Crippen LogP contribution is -2.41. The molecule has 2 aromatic carbocycles. The molecule has 2 N–H and O–H groups in total. The van der Waals surface area contributed by atoms with E-state index in [4.69, 9.17) is 39.5 Å². The average molecular weight is 707 g/mol. The summed E-state index contributed by atoms with van der Waals surface area (Å²) in [5.41, 5.74) is 3.66. The van der Waals surface area contributed by atoms with Crippen molar-refractivity contribution in [2.45, 2.75) is 25.4 Å². The van der Waals surface area contributed by atoms with Gasteiger partial charge in [-0.25, -0.2) is 14.8 Å². The molecule has 244 valence electrons. The molecule has 1 unspecified atom stereocenters. The number of aromatic nitrogens is 3. The standard InChI is InChI=1S/C34H26Cl3N5O6/c1-48-32-19(15-41(34(46)47)16-20-9-11-28(44)38-20)8-10-26(39-32)24-7-3-6-23(30(24)36)22-5-2-4-21(29(22)35)18-12-13-42-27(14-18)40-31(37)25(17-43)33(42)45/h2-8,10,12-14,17,20H,9,11,15-16H2,1H3,(H,38,44)(H,46,47). The molecule has 48 heavy (non-hydrogen) atoms. The summed E-state index contributed by atoms with van der Waals surface area (Å²) in [6, 6.07) is 17.5. The highest BCUT2D eigenvalue weighted by atomic mass is 35.5. The number of hydrogen-bond donors (Lipinski definition) is 2. The number of pyridine rings is 2. The zero-order chi connectivity index (χ0) is 34.1. The number of nitrogens with one attached hydrogen (secondary N) is 1. The summed E-state index contributed by atoms with van der Waals surface area (Å²) in [6.07, 6.45) is 1.70. The second kappa shape index (κ2) is 13.6. The molecule has 6 rings (SSSR count). The Morgan fingerprint density at radius 1 is 1.02 bits per heavy atom. The third-order valence-electron chi connectivity index (χ3n) is 8.10. The molecule has 11 nitrogen and oxygen atoms in total. The van der Waals surface area contributed by atoms with Crippen LogP contribution in [0.15, 0.2) is 71.7 Å².